The molecule has 0 radical (unpaired) electrons. The molecule has 2 nitrogen and oxygen atoms in total. The molecule has 1 N–H and O–H groups in total. The molecule has 0 saturated carbocycles. The number of aryl methyl sites for hydroxylation is 2. The minimum atomic E-state index is 0.889. The van der Waals surface area contributed by atoms with Crippen molar-refractivity contribution in [3.63, 3.8) is 0 Å². The molecule has 2 rings (SSSR count). The van der Waals surface area contributed by atoms with Crippen LogP contribution in [0.1, 0.15) is 15.3 Å². The predicted molar refractivity (Wildman–Crippen MR) is 65.4 cm³/mol. The molecule has 78 valence electrons. The summed E-state index contributed by atoms with van der Waals surface area (Å²) in [6, 6.07) is 6.21. The minimum Gasteiger partial charge on any atom is -0.381 e. The van der Waals surface area contributed by atoms with Crippen molar-refractivity contribution >= 4 is 17.0 Å². The first-order valence-electron chi connectivity index (χ1n) is 4.95. The smallest absolute Gasteiger partial charge is 0.0411 e. The number of thiophene rings is 1. The highest BCUT2D eigenvalue weighted by atomic mass is 32.1. The molecule has 0 spiro atoms. The van der Waals surface area contributed by atoms with Crippen LogP contribution in [0.5, 0.6) is 0 Å². The lowest BCUT2D eigenvalue weighted by Crippen LogP contribution is -1.98. The highest BCUT2D eigenvalue weighted by molar-refractivity contribution is 7.12. The summed E-state index contributed by atoms with van der Waals surface area (Å²) in [6.07, 6.45) is 3.60. The van der Waals surface area contributed by atoms with Crippen molar-refractivity contribution in [3.05, 3.63) is 45.9 Å². The van der Waals surface area contributed by atoms with Gasteiger partial charge in [-0.05, 0) is 37.6 Å². The van der Waals surface area contributed by atoms with Gasteiger partial charge in [-0.3, -0.25) is 4.98 Å². The Morgan fingerprint density at radius 2 is 2.00 bits per heavy atom. The van der Waals surface area contributed by atoms with Gasteiger partial charge < -0.3 is 5.32 Å². The number of anilines is 1. The first-order chi connectivity index (χ1) is 7.25. The van der Waals surface area contributed by atoms with Crippen LogP contribution in [0.2, 0.25) is 0 Å². The van der Waals surface area contributed by atoms with E-state index in [-0.39, 0.29) is 0 Å². The van der Waals surface area contributed by atoms with Crippen molar-refractivity contribution in [1.29, 1.82) is 0 Å². The van der Waals surface area contributed by atoms with E-state index >= 15 is 0 Å². The lowest BCUT2D eigenvalue weighted by atomic mass is 10.2. The van der Waals surface area contributed by atoms with Crippen LogP contribution in [-0.2, 0) is 6.54 Å². The van der Waals surface area contributed by atoms with Crippen molar-refractivity contribution < 1.29 is 0 Å². The van der Waals surface area contributed by atoms with Gasteiger partial charge in [0.25, 0.3) is 0 Å². The Bertz CT molecular complexity index is 434. The van der Waals surface area contributed by atoms with Gasteiger partial charge in [0.05, 0.1) is 0 Å². The Kier molecular flexibility index (Phi) is 3.02. The summed E-state index contributed by atoms with van der Waals surface area (Å²) in [5, 5.41) is 3.38. The molecule has 0 aliphatic carbocycles. The standard InChI is InChI=1S/C12H14N2S/c1-9-7-11(10(2)15-9)8-14-12-3-5-13-6-4-12/h3-7H,8H2,1-2H3,(H,13,14). The summed E-state index contributed by atoms with van der Waals surface area (Å²) >= 11 is 1.85. The maximum Gasteiger partial charge on any atom is 0.0411 e. The molecule has 2 aromatic rings. The number of nitrogens with one attached hydrogen (secondary N) is 1. The first-order valence-corrected chi connectivity index (χ1v) is 5.77. The van der Waals surface area contributed by atoms with Crippen LogP contribution < -0.4 is 5.32 Å². The second-order valence-electron chi connectivity index (χ2n) is 3.53. The highest BCUT2D eigenvalue weighted by Crippen LogP contribution is 2.21. The summed E-state index contributed by atoms with van der Waals surface area (Å²) in [5.74, 6) is 0. The quantitative estimate of drug-likeness (QED) is 0.854. The third kappa shape index (κ3) is 2.57. The van der Waals surface area contributed by atoms with Gasteiger partial charge in [0.2, 0.25) is 0 Å². The van der Waals surface area contributed by atoms with Crippen molar-refractivity contribution in [2.75, 3.05) is 5.32 Å². The molecule has 0 aromatic carbocycles. The van der Waals surface area contributed by atoms with E-state index in [4.69, 9.17) is 0 Å². The largest absolute Gasteiger partial charge is 0.381 e. The number of hydrogen-bond acceptors (Lipinski definition) is 3. The second-order valence-corrected chi connectivity index (χ2v) is 4.99. The van der Waals surface area contributed by atoms with Crippen LogP contribution in [0.15, 0.2) is 30.6 Å². The van der Waals surface area contributed by atoms with E-state index < -0.39 is 0 Å². The monoisotopic (exact) mass is 218 g/mol. The first kappa shape index (κ1) is 10.2. The minimum absolute atomic E-state index is 0.889. The molecule has 2 aromatic heterocycles. The third-order valence-electron chi connectivity index (χ3n) is 2.31. The van der Waals surface area contributed by atoms with Crippen molar-refractivity contribution in [3.8, 4) is 0 Å². The second kappa shape index (κ2) is 4.45. The average Bonchev–Trinajstić information content (AvgIpc) is 2.56. The Hall–Kier alpha value is -1.35. The lowest BCUT2D eigenvalue weighted by molar-refractivity contribution is 1.13. The van der Waals surface area contributed by atoms with Gasteiger partial charge in [0.1, 0.15) is 0 Å². The van der Waals surface area contributed by atoms with Crippen LogP contribution in [0, 0.1) is 13.8 Å². The molecule has 0 fully saturated rings. The molecule has 0 unspecified atom stereocenters. The van der Waals surface area contributed by atoms with Gasteiger partial charge in [0, 0.05) is 34.4 Å². The van der Waals surface area contributed by atoms with Gasteiger partial charge in [-0.15, -0.1) is 11.3 Å². The molecule has 0 amide bonds. The van der Waals surface area contributed by atoms with E-state index in [9.17, 15) is 0 Å². The van der Waals surface area contributed by atoms with Crippen molar-refractivity contribution in [1.82, 2.24) is 4.98 Å². The van der Waals surface area contributed by atoms with E-state index in [1.165, 1.54) is 15.3 Å². The maximum absolute atomic E-state index is 3.98. The van der Waals surface area contributed by atoms with Gasteiger partial charge in [-0.1, -0.05) is 0 Å². The molecule has 0 atom stereocenters. The van der Waals surface area contributed by atoms with E-state index in [0.29, 0.717) is 0 Å². The summed E-state index contributed by atoms with van der Waals surface area (Å²) in [4.78, 5) is 6.76. The van der Waals surface area contributed by atoms with Gasteiger partial charge in [-0.25, -0.2) is 0 Å². The molecule has 15 heavy (non-hydrogen) atoms. The van der Waals surface area contributed by atoms with Crippen LogP contribution >= 0.6 is 11.3 Å². The number of nitrogens with zero attached hydrogens (tertiary/aromatic N) is 1. The van der Waals surface area contributed by atoms with E-state index in [1.807, 2.05) is 23.5 Å². The lowest BCUT2D eigenvalue weighted by Gasteiger charge is -2.04. The van der Waals surface area contributed by atoms with Crippen LogP contribution in [0.3, 0.4) is 0 Å². The molecule has 0 bridgehead atoms. The van der Waals surface area contributed by atoms with E-state index in [2.05, 4.69) is 30.2 Å². The number of rotatable bonds is 3. The fraction of sp³-hybridized carbons (Fsp3) is 0.250. The normalized spacial score (nSPS) is 10.3. The molecule has 3 heteroatoms. The SMILES string of the molecule is Cc1cc(CNc2ccncc2)c(C)s1. The predicted octanol–water partition coefficient (Wildman–Crippen LogP) is 3.37. The van der Waals surface area contributed by atoms with Crippen LogP contribution in [0.25, 0.3) is 0 Å². The molecular formula is C12H14N2S. The zero-order valence-corrected chi connectivity index (χ0v) is 9.77. The summed E-state index contributed by atoms with van der Waals surface area (Å²) in [6.45, 7) is 5.20. The van der Waals surface area contributed by atoms with E-state index in [1.54, 1.807) is 12.4 Å². The molecule has 0 saturated heterocycles. The Labute approximate surface area is 94.0 Å². The van der Waals surface area contributed by atoms with Crippen LogP contribution in [0.4, 0.5) is 5.69 Å². The summed E-state index contributed by atoms with van der Waals surface area (Å²) in [5.41, 5.74) is 2.50. The van der Waals surface area contributed by atoms with E-state index in [0.717, 1.165) is 12.2 Å². The zero-order valence-electron chi connectivity index (χ0n) is 8.95. The molecule has 2 heterocycles. The number of pyridine rings is 1. The topological polar surface area (TPSA) is 24.9 Å². The van der Waals surface area contributed by atoms with Crippen molar-refractivity contribution in [2.24, 2.45) is 0 Å². The fourth-order valence-electron chi connectivity index (χ4n) is 1.53. The Morgan fingerprint density at radius 1 is 1.27 bits per heavy atom. The average molecular weight is 218 g/mol. The summed E-state index contributed by atoms with van der Waals surface area (Å²) in [7, 11) is 0. The van der Waals surface area contributed by atoms with Gasteiger partial charge in [-0.2, -0.15) is 0 Å². The Balaban J connectivity index is 2.02. The summed E-state index contributed by atoms with van der Waals surface area (Å²) < 4.78 is 0. The Morgan fingerprint density at radius 3 is 2.60 bits per heavy atom. The zero-order chi connectivity index (χ0) is 10.7. The molecule has 0 aliphatic rings. The molecule has 0 aliphatic heterocycles. The highest BCUT2D eigenvalue weighted by Gasteiger charge is 2.01. The maximum atomic E-state index is 3.98. The number of hydrogen-bond donors (Lipinski definition) is 1. The van der Waals surface area contributed by atoms with Gasteiger partial charge >= 0.3 is 0 Å². The third-order valence-corrected chi connectivity index (χ3v) is 3.32. The van der Waals surface area contributed by atoms with Crippen LogP contribution in [-0.4, -0.2) is 4.98 Å². The molecular weight excluding hydrogens is 204 g/mol. The van der Waals surface area contributed by atoms with Crippen molar-refractivity contribution in [2.45, 2.75) is 20.4 Å². The fourth-order valence-corrected chi connectivity index (χ4v) is 2.47. The number of aromatic nitrogens is 1. The van der Waals surface area contributed by atoms with Gasteiger partial charge in [0.15, 0.2) is 0 Å².